The number of hydrogen-bond acceptors (Lipinski definition) is 4. The van der Waals surface area contributed by atoms with Gasteiger partial charge in [-0.3, -0.25) is 4.79 Å². The van der Waals surface area contributed by atoms with Crippen LogP contribution in [-0.4, -0.2) is 13.1 Å². The number of carbonyl (C=O) groups is 1. The number of benzene rings is 2. The van der Waals surface area contributed by atoms with Gasteiger partial charge in [0, 0.05) is 31.2 Å². The highest BCUT2D eigenvalue weighted by Crippen LogP contribution is 2.41. The highest BCUT2D eigenvalue weighted by molar-refractivity contribution is 6.38. The Morgan fingerprint density at radius 1 is 0.826 bits per heavy atom. The molecule has 0 aliphatic rings. The van der Waals surface area contributed by atoms with E-state index in [1.807, 2.05) is 0 Å². The van der Waals surface area contributed by atoms with Gasteiger partial charge in [0.2, 0.25) is 0 Å². The van der Waals surface area contributed by atoms with Gasteiger partial charge >= 0.3 is 5.97 Å². The molecular weight excluding hydrogens is 386 g/mol. The van der Waals surface area contributed by atoms with Crippen LogP contribution in [0, 0.1) is 0 Å². The van der Waals surface area contributed by atoms with Gasteiger partial charge in [-0.15, -0.1) is 0 Å². The maximum absolute atomic E-state index is 11.0. The standard InChI is InChI=1S/C15H10Cl4O4/c1-7(20)22-15-12(18)5-9(6-13(15)19)23-8-3-10(16)14(21-2)11(17)4-8/h3-6H,1-2H3. The monoisotopic (exact) mass is 394 g/mol. The van der Waals surface area contributed by atoms with Gasteiger partial charge in [-0.05, 0) is 0 Å². The lowest BCUT2D eigenvalue weighted by Gasteiger charge is -2.12. The van der Waals surface area contributed by atoms with Crippen molar-refractivity contribution in [2.24, 2.45) is 0 Å². The molecule has 0 fully saturated rings. The van der Waals surface area contributed by atoms with E-state index in [9.17, 15) is 4.79 Å². The van der Waals surface area contributed by atoms with Crippen molar-refractivity contribution in [2.45, 2.75) is 6.92 Å². The third kappa shape index (κ3) is 4.36. The Kier molecular flexibility index (Phi) is 5.87. The van der Waals surface area contributed by atoms with Crippen molar-refractivity contribution < 1.29 is 19.0 Å². The number of ether oxygens (including phenoxy) is 3. The Bertz CT molecular complexity index is 715. The van der Waals surface area contributed by atoms with E-state index in [2.05, 4.69) is 0 Å². The third-order valence-corrected chi connectivity index (χ3v) is 3.75. The fraction of sp³-hybridized carbons (Fsp3) is 0.133. The zero-order chi connectivity index (χ0) is 17.1. The molecule has 2 rings (SSSR count). The molecule has 0 aromatic heterocycles. The highest BCUT2D eigenvalue weighted by atomic mass is 35.5. The second-order valence-electron chi connectivity index (χ2n) is 4.33. The van der Waals surface area contributed by atoms with Crippen molar-refractivity contribution in [2.75, 3.05) is 7.11 Å². The molecule has 0 bridgehead atoms. The van der Waals surface area contributed by atoms with Crippen LogP contribution in [0.4, 0.5) is 0 Å². The summed E-state index contributed by atoms with van der Waals surface area (Å²) in [5.41, 5.74) is 0. The zero-order valence-corrected chi connectivity index (χ0v) is 15.0. The first-order valence-corrected chi connectivity index (χ1v) is 7.71. The molecule has 0 radical (unpaired) electrons. The SMILES string of the molecule is COc1c(Cl)cc(Oc2cc(Cl)c(OC(C)=O)c(Cl)c2)cc1Cl. The van der Waals surface area contributed by atoms with Gasteiger partial charge in [0.15, 0.2) is 11.5 Å². The van der Waals surface area contributed by atoms with Crippen molar-refractivity contribution in [1.82, 2.24) is 0 Å². The van der Waals surface area contributed by atoms with E-state index >= 15 is 0 Å². The van der Waals surface area contributed by atoms with Crippen LogP contribution in [0.1, 0.15) is 6.92 Å². The molecule has 0 heterocycles. The van der Waals surface area contributed by atoms with Crippen molar-refractivity contribution in [1.29, 1.82) is 0 Å². The van der Waals surface area contributed by atoms with E-state index in [4.69, 9.17) is 60.6 Å². The molecule has 4 nitrogen and oxygen atoms in total. The van der Waals surface area contributed by atoms with Gasteiger partial charge in [-0.2, -0.15) is 0 Å². The molecule has 0 saturated carbocycles. The molecule has 2 aromatic carbocycles. The summed E-state index contributed by atoms with van der Waals surface area (Å²) in [7, 11) is 1.46. The summed E-state index contributed by atoms with van der Waals surface area (Å²) < 4.78 is 15.6. The number of rotatable bonds is 4. The Morgan fingerprint density at radius 3 is 1.57 bits per heavy atom. The largest absolute Gasteiger partial charge is 0.494 e. The minimum atomic E-state index is -0.531. The quantitative estimate of drug-likeness (QED) is 0.468. The number of methoxy groups -OCH3 is 1. The van der Waals surface area contributed by atoms with Gasteiger partial charge in [0.25, 0.3) is 0 Å². The average molecular weight is 396 g/mol. The van der Waals surface area contributed by atoms with Crippen LogP contribution in [0.2, 0.25) is 20.1 Å². The van der Waals surface area contributed by atoms with Crippen molar-refractivity contribution in [3.05, 3.63) is 44.4 Å². The molecule has 0 saturated heterocycles. The lowest BCUT2D eigenvalue weighted by molar-refractivity contribution is -0.131. The van der Waals surface area contributed by atoms with Crippen molar-refractivity contribution in [3.63, 3.8) is 0 Å². The van der Waals surface area contributed by atoms with Gasteiger partial charge < -0.3 is 14.2 Å². The summed E-state index contributed by atoms with van der Waals surface area (Å²) >= 11 is 24.2. The van der Waals surface area contributed by atoms with E-state index in [0.29, 0.717) is 27.3 Å². The minimum Gasteiger partial charge on any atom is -0.494 e. The molecule has 0 spiro atoms. The molecule has 0 atom stereocenters. The minimum absolute atomic E-state index is 0.0685. The number of esters is 1. The van der Waals surface area contributed by atoms with Gasteiger partial charge in [0.1, 0.15) is 11.5 Å². The van der Waals surface area contributed by atoms with E-state index in [-0.39, 0.29) is 15.8 Å². The van der Waals surface area contributed by atoms with Crippen LogP contribution in [0.25, 0.3) is 0 Å². The molecule has 122 valence electrons. The van der Waals surface area contributed by atoms with Crippen LogP contribution in [0.3, 0.4) is 0 Å². The Labute approximate surface area is 152 Å². The maximum Gasteiger partial charge on any atom is 0.308 e. The van der Waals surface area contributed by atoms with Crippen LogP contribution in [0.5, 0.6) is 23.0 Å². The highest BCUT2D eigenvalue weighted by Gasteiger charge is 2.14. The fourth-order valence-corrected chi connectivity index (χ4v) is 2.93. The summed E-state index contributed by atoms with van der Waals surface area (Å²) in [6.07, 6.45) is 0. The number of carbonyl (C=O) groups excluding carboxylic acids is 1. The van der Waals surface area contributed by atoms with E-state index in [1.54, 1.807) is 0 Å². The number of hydrogen-bond donors (Lipinski definition) is 0. The van der Waals surface area contributed by atoms with Gasteiger partial charge in [-0.1, -0.05) is 46.4 Å². The number of halogens is 4. The maximum atomic E-state index is 11.0. The molecule has 0 aliphatic heterocycles. The Morgan fingerprint density at radius 2 is 1.22 bits per heavy atom. The molecule has 0 aliphatic carbocycles. The summed E-state index contributed by atoms with van der Waals surface area (Å²) in [6.45, 7) is 1.25. The topological polar surface area (TPSA) is 44.8 Å². The average Bonchev–Trinajstić information content (AvgIpc) is 2.42. The van der Waals surface area contributed by atoms with E-state index < -0.39 is 5.97 Å². The third-order valence-electron chi connectivity index (χ3n) is 2.63. The van der Waals surface area contributed by atoms with Gasteiger partial charge in [0.05, 0.1) is 27.2 Å². The summed E-state index contributed by atoms with van der Waals surface area (Å²) in [4.78, 5) is 11.0. The summed E-state index contributed by atoms with van der Waals surface area (Å²) in [5, 5.41) is 0.856. The Hall–Kier alpha value is -1.33. The fourth-order valence-electron chi connectivity index (χ4n) is 1.76. The molecule has 2 aromatic rings. The normalized spacial score (nSPS) is 10.3. The molecule has 0 N–H and O–H groups in total. The van der Waals surface area contributed by atoms with E-state index in [0.717, 1.165) is 0 Å². The molecule has 0 amide bonds. The first kappa shape index (κ1) is 18.0. The molecule has 8 heteroatoms. The van der Waals surface area contributed by atoms with Crippen molar-refractivity contribution >= 4 is 52.4 Å². The molecule has 0 unspecified atom stereocenters. The van der Waals surface area contributed by atoms with Crippen LogP contribution >= 0.6 is 46.4 Å². The summed E-state index contributed by atoms with van der Waals surface area (Å²) in [5.74, 6) is 0.582. The second-order valence-corrected chi connectivity index (χ2v) is 5.96. The van der Waals surface area contributed by atoms with Crippen LogP contribution in [0.15, 0.2) is 24.3 Å². The van der Waals surface area contributed by atoms with Crippen LogP contribution in [-0.2, 0) is 4.79 Å². The molecular formula is C15H10Cl4O4. The second kappa shape index (κ2) is 7.49. The Balaban J connectivity index is 2.32. The van der Waals surface area contributed by atoms with Crippen molar-refractivity contribution in [3.8, 4) is 23.0 Å². The predicted octanol–water partition coefficient (Wildman–Crippen LogP) is 6.03. The predicted molar refractivity (Wildman–Crippen MR) is 90.9 cm³/mol. The van der Waals surface area contributed by atoms with Gasteiger partial charge in [-0.25, -0.2) is 0 Å². The van der Waals surface area contributed by atoms with Crippen LogP contribution < -0.4 is 14.2 Å². The summed E-state index contributed by atoms with van der Waals surface area (Å²) in [6, 6.07) is 5.98. The first-order valence-electron chi connectivity index (χ1n) is 6.20. The van der Waals surface area contributed by atoms with E-state index in [1.165, 1.54) is 38.3 Å². The zero-order valence-electron chi connectivity index (χ0n) is 12.0. The molecule has 23 heavy (non-hydrogen) atoms. The first-order chi connectivity index (χ1) is 10.8. The lowest BCUT2D eigenvalue weighted by atomic mass is 10.3. The lowest BCUT2D eigenvalue weighted by Crippen LogP contribution is -2.02. The smallest absolute Gasteiger partial charge is 0.308 e.